The van der Waals surface area contributed by atoms with Gasteiger partial charge in [-0.2, -0.15) is 0 Å². The standard InChI is InChI=1S/C22H24N2O2/c1-15-10-11-18(14-16(15)2)24-22(26)23-13-12-21(25)20-9-5-7-17-6-3-4-8-19(17)20/h3-11,14,21,25H,12-13H2,1-2H3,(H2,23,24,26). The second-order valence-electron chi connectivity index (χ2n) is 6.55. The third kappa shape index (κ3) is 4.21. The second-order valence-corrected chi connectivity index (χ2v) is 6.55. The van der Waals surface area contributed by atoms with E-state index in [0.717, 1.165) is 27.6 Å². The highest BCUT2D eigenvalue weighted by molar-refractivity contribution is 5.89. The topological polar surface area (TPSA) is 61.4 Å². The number of hydrogen-bond acceptors (Lipinski definition) is 2. The number of amides is 2. The Morgan fingerprint density at radius 3 is 2.58 bits per heavy atom. The molecule has 3 N–H and O–H groups in total. The molecule has 0 aliphatic rings. The number of benzene rings is 3. The summed E-state index contributed by atoms with van der Waals surface area (Å²) in [6.45, 7) is 4.44. The quantitative estimate of drug-likeness (QED) is 0.626. The first-order valence-electron chi connectivity index (χ1n) is 8.82. The van der Waals surface area contributed by atoms with E-state index in [2.05, 4.69) is 10.6 Å². The zero-order valence-corrected chi connectivity index (χ0v) is 15.1. The van der Waals surface area contributed by atoms with Gasteiger partial charge in [0.25, 0.3) is 0 Å². The fourth-order valence-corrected chi connectivity index (χ4v) is 3.01. The minimum absolute atomic E-state index is 0.265. The maximum Gasteiger partial charge on any atom is 0.319 e. The molecule has 0 aliphatic heterocycles. The lowest BCUT2D eigenvalue weighted by Crippen LogP contribution is -2.30. The molecule has 134 valence electrons. The van der Waals surface area contributed by atoms with Gasteiger partial charge in [-0.05, 0) is 59.9 Å². The van der Waals surface area contributed by atoms with Gasteiger partial charge in [0.15, 0.2) is 0 Å². The van der Waals surface area contributed by atoms with E-state index in [-0.39, 0.29) is 6.03 Å². The number of carbonyl (C=O) groups is 1. The van der Waals surface area contributed by atoms with E-state index in [4.69, 9.17) is 0 Å². The smallest absolute Gasteiger partial charge is 0.319 e. The van der Waals surface area contributed by atoms with Crippen molar-refractivity contribution in [3.8, 4) is 0 Å². The van der Waals surface area contributed by atoms with Gasteiger partial charge in [0.1, 0.15) is 0 Å². The van der Waals surface area contributed by atoms with Crippen LogP contribution in [0.3, 0.4) is 0 Å². The monoisotopic (exact) mass is 348 g/mol. The summed E-state index contributed by atoms with van der Waals surface area (Å²) in [6.07, 6.45) is -0.169. The van der Waals surface area contributed by atoms with Crippen molar-refractivity contribution in [2.45, 2.75) is 26.4 Å². The molecule has 0 heterocycles. The minimum atomic E-state index is -0.622. The van der Waals surface area contributed by atoms with Crippen LogP contribution >= 0.6 is 0 Å². The molecule has 1 atom stereocenters. The third-order valence-corrected chi connectivity index (χ3v) is 4.65. The maximum atomic E-state index is 12.0. The number of urea groups is 1. The van der Waals surface area contributed by atoms with E-state index in [1.807, 2.05) is 74.5 Å². The SMILES string of the molecule is Cc1ccc(NC(=O)NCCC(O)c2cccc3ccccc23)cc1C. The Bertz CT molecular complexity index is 916. The van der Waals surface area contributed by atoms with Crippen LogP contribution < -0.4 is 10.6 Å². The first-order valence-corrected chi connectivity index (χ1v) is 8.82. The molecule has 1 unspecified atom stereocenters. The number of hydrogen-bond donors (Lipinski definition) is 3. The van der Waals surface area contributed by atoms with E-state index in [9.17, 15) is 9.90 Å². The summed E-state index contributed by atoms with van der Waals surface area (Å²) in [7, 11) is 0. The van der Waals surface area contributed by atoms with Crippen molar-refractivity contribution in [1.29, 1.82) is 0 Å². The van der Waals surface area contributed by atoms with Gasteiger partial charge in [-0.25, -0.2) is 4.79 Å². The second kappa shape index (κ2) is 8.02. The van der Waals surface area contributed by atoms with Crippen LogP contribution in [0.5, 0.6) is 0 Å². The Morgan fingerprint density at radius 1 is 1.00 bits per heavy atom. The lowest BCUT2D eigenvalue weighted by molar-refractivity contribution is 0.169. The first-order chi connectivity index (χ1) is 12.5. The lowest BCUT2D eigenvalue weighted by Gasteiger charge is -2.15. The average molecular weight is 348 g/mol. The van der Waals surface area contributed by atoms with E-state index in [1.165, 1.54) is 5.56 Å². The molecule has 2 amide bonds. The van der Waals surface area contributed by atoms with Crippen LogP contribution in [-0.2, 0) is 0 Å². The summed E-state index contributed by atoms with van der Waals surface area (Å²) in [4.78, 5) is 12.0. The van der Waals surface area contributed by atoms with Crippen LogP contribution in [0.4, 0.5) is 10.5 Å². The molecule has 3 aromatic carbocycles. The van der Waals surface area contributed by atoms with Crippen LogP contribution in [-0.4, -0.2) is 17.7 Å². The summed E-state index contributed by atoms with van der Waals surface area (Å²) in [5.41, 5.74) is 3.98. The number of rotatable bonds is 5. The van der Waals surface area contributed by atoms with Gasteiger partial charge in [-0.1, -0.05) is 48.5 Å². The van der Waals surface area contributed by atoms with Gasteiger partial charge >= 0.3 is 6.03 Å². The van der Waals surface area contributed by atoms with Crippen molar-refractivity contribution < 1.29 is 9.90 Å². The summed E-state index contributed by atoms with van der Waals surface area (Å²) < 4.78 is 0. The molecule has 0 saturated carbocycles. The highest BCUT2D eigenvalue weighted by atomic mass is 16.3. The highest BCUT2D eigenvalue weighted by Crippen LogP contribution is 2.25. The molecule has 0 bridgehead atoms. The van der Waals surface area contributed by atoms with E-state index in [1.54, 1.807) is 0 Å². The summed E-state index contributed by atoms with van der Waals surface area (Å²) in [6, 6.07) is 19.4. The number of nitrogens with one attached hydrogen (secondary N) is 2. The molecule has 0 fully saturated rings. The molecule has 26 heavy (non-hydrogen) atoms. The van der Waals surface area contributed by atoms with E-state index < -0.39 is 6.10 Å². The van der Waals surface area contributed by atoms with Gasteiger partial charge < -0.3 is 15.7 Å². The third-order valence-electron chi connectivity index (χ3n) is 4.65. The maximum absolute atomic E-state index is 12.0. The lowest BCUT2D eigenvalue weighted by atomic mass is 9.99. The van der Waals surface area contributed by atoms with Crippen molar-refractivity contribution in [1.82, 2.24) is 5.32 Å². The number of fused-ring (bicyclic) bond motifs is 1. The number of aliphatic hydroxyl groups is 1. The molecule has 0 radical (unpaired) electrons. The van der Waals surface area contributed by atoms with Gasteiger partial charge in [-0.15, -0.1) is 0 Å². The normalized spacial score (nSPS) is 12.0. The van der Waals surface area contributed by atoms with Crippen LogP contribution in [0.2, 0.25) is 0 Å². The molecule has 3 rings (SSSR count). The highest BCUT2D eigenvalue weighted by Gasteiger charge is 2.11. The Hall–Kier alpha value is -2.85. The van der Waals surface area contributed by atoms with Crippen molar-refractivity contribution in [3.05, 3.63) is 77.4 Å². The zero-order chi connectivity index (χ0) is 18.5. The number of aliphatic hydroxyl groups excluding tert-OH is 1. The van der Waals surface area contributed by atoms with Crippen LogP contribution in [0.1, 0.15) is 29.2 Å². The predicted octanol–water partition coefficient (Wildman–Crippen LogP) is 4.70. The Kier molecular flexibility index (Phi) is 5.54. The molecule has 0 aliphatic carbocycles. The fourth-order valence-electron chi connectivity index (χ4n) is 3.01. The number of carbonyl (C=O) groups excluding carboxylic acids is 1. The molecule has 4 nitrogen and oxygen atoms in total. The molecular weight excluding hydrogens is 324 g/mol. The molecular formula is C22H24N2O2. The Balaban J connectivity index is 1.55. The summed E-state index contributed by atoms with van der Waals surface area (Å²) in [5, 5.41) is 18.3. The number of anilines is 1. The van der Waals surface area contributed by atoms with Crippen molar-refractivity contribution in [2.24, 2.45) is 0 Å². The van der Waals surface area contributed by atoms with Gasteiger partial charge in [0, 0.05) is 12.2 Å². The molecule has 0 saturated heterocycles. The van der Waals surface area contributed by atoms with Crippen molar-refractivity contribution in [2.75, 3.05) is 11.9 Å². The summed E-state index contributed by atoms with van der Waals surface area (Å²) in [5.74, 6) is 0. The summed E-state index contributed by atoms with van der Waals surface area (Å²) >= 11 is 0. The molecule has 4 heteroatoms. The van der Waals surface area contributed by atoms with Gasteiger partial charge in [0.05, 0.1) is 6.10 Å². The largest absolute Gasteiger partial charge is 0.388 e. The number of aryl methyl sites for hydroxylation is 2. The van der Waals surface area contributed by atoms with Crippen molar-refractivity contribution in [3.63, 3.8) is 0 Å². The van der Waals surface area contributed by atoms with Gasteiger partial charge in [0.2, 0.25) is 0 Å². The molecule has 3 aromatic rings. The van der Waals surface area contributed by atoms with Crippen LogP contribution in [0, 0.1) is 13.8 Å². The van der Waals surface area contributed by atoms with E-state index >= 15 is 0 Å². The van der Waals surface area contributed by atoms with Crippen LogP contribution in [0.15, 0.2) is 60.7 Å². The zero-order valence-electron chi connectivity index (χ0n) is 15.1. The molecule has 0 aromatic heterocycles. The average Bonchev–Trinajstić information content (AvgIpc) is 2.64. The Labute approximate surface area is 153 Å². The van der Waals surface area contributed by atoms with E-state index in [0.29, 0.717) is 13.0 Å². The predicted molar refractivity (Wildman–Crippen MR) is 106 cm³/mol. The molecule has 0 spiro atoms. The fraction of sp³-hybridized carbons (Fsp3) is 0.227. The van der Waals surface area contributed by atoms with Crippen molar-refractivity contribution >= 4 is 22.5 Å². The Morgan fingerprint density at radius 2 is 1.77 bits per heavy atom. The van der Waals surface area contributed by atoms with Gasteiger partial charge in [-0.3, -0.25) is 0 Å². The minimum Gasteiger partial charge on any atom is -0.388 e. The van der Waals surface area contributed by atoms with Crippen LogP contribution in [0.25, 0.3) is 10.8 Å². The first kappa shape index (κ1) is 18.0.